The maximum Gasteiger partial charge on any atom is 0.183 e. The largest absolute Gasteiger partial charge is 0.415 e. The molecule has 0 aromatic rings. The van der Waals surface area contributed by atoms with Gasteiger partial charge in [-0.2, -0.15) is 0 Å². The summed E-state index contributed by atoms with van der Waals surface area (Å²) in [4.78, 5) is 0. The van der Waals surface area contributed by atoms with Crippen molar-refractivity contribution in [2.75, 3.05) is 19.8 Å². The standard InChI is InChI=1S/C8H19O2Si/c1-5-6-9-7-8-10-11(2,3)4/h1,5-8H2,2-4H3. The normalized spacial score (nSPS) is 12.0. The van der Waals surface area contributed by atoms with Gasteiger partial charge in [0.25, 0.3) is 0 Å². The lowest BCUT2D eigenvalue weighted by atomic mass is 10.5. The van der Waals surface area contributed by atoms with Gasteiger partial charge in [-0.05, 0) is 26.1 Å². The second-order valence-corrected chi connectivity index (χ2v) is 7.94. The first-order chi connectivity index (χ1) is 5.06. The molecular formula is C8H19O2Si. The van der Waals surface area contributed by atoms with Crippen LogP contribution in [0.5, 0.6) is 0 Å². The summed E-state index contributed by atoms with van der Waals surface area (Å²) < 4.78 is 10.8. The minimum Gasteiger partial charge on any atom is -0.415 e. The molecule has 0 aliphatic heterocycles. The predicted molar refractivity (Wildman–Crippen MR) is 50.1 cm³/mol. The number of ether oxygens (including phenoxy) is 1. The van der Waals surface area contributed by atoms with Crippen molar-refractivity contribution in [3.63, 3.8) is 0 Å². The molecule has 0 atom stereocenters. The fraction of sp³-hybridized carbons (Fsp3) is 0.875. The summed E-state index contributed by atoms with van der Waals surface area (Å²) in [5, 5.41) is 0. The molecule has 0 heterocycles. The molecule has 0 aliphatic carbocycles. The molecule has 0 aromatic heterocycles. The number of hydrogen-bond acceptors (Lipinski definition) is 2. The van der Waals surface area contributed by atoms with Crippen LogP contribution < -0.4 is 0 Å². The van der Waals surface area contributed by atoms with E-state index < -0.39 is 8.32 Å². The molecule has 0 saturated carbocycles. The Morgan fingerprint density at radius 2 is 1.73 bits per heavy atom. The van der Waals surface area contributed by atoms with E-state index in [1.807, 2.05) is 0 Å². The Morgan fingerprint density at radius 3 is 2.18 bits per heavy atom. The van der Waals surface area contributed by atoms with E-state index in [1.165, 1.54) is 0 Å². The number of rotatable bonds is 6. The van der Waals surface area contributed by atoms with Crippen LogP contribution in [0.3, 0.4) is 0 Å². The molecule has 67 valence electrons. The Balaban J connectivity index is 3.02. The van der Waals surface area contributed by atoms with Gasteiger partial charge in [0.1, 0.15) is 0 Å². The first-order valence-electron chi connectivity index (χ1n) is 4.07. The second kappa shape index (κ2) is 5.74. The van der Waals surface area contributed by atoms with Gasteiger partial charge in [-0.1, -0.05) is 6.92 Å². The zero-order valence-corrected chi connectivity index (χ0v) is 8.85. The van der Waals surface area contributed by atoms with Gasteiger partial charge in [0.2, 0.25) is 0 Å². The van der Waals surface area contributed by atoms with Crippen molar-refractivity contribution in [3.8, 4) is 0 Å². The average molecular weight is 175 g/mol. The van der Waals surface area contributed by atoms with Crippen molar-refractivity contribution in [2.45, 2.75) is 26.1 Å². The topological polar surface area (TPSA) is 18.5 Å². The van der Waals surface area contributed by atoms with Gasteiger partial charge in [-0.25, -0.2) is 0 Å². The maximum atomic E-state index is 5.57. The fourth-order valence-corrected chi connectivity index (χ4v) is 1.31. The minimum absolute atomic E-state index is 0.708. The maximum absolute atomic E-state index is 5.57. The van der Waals surface area contributed by atoms with Crippen LogP contribution in [0.1, 0.15) is 6.42 Å². The van der Waals surface area contributed by atoms with E-state index in [2.05, 4.69) is 26.6 Å². The summed E-state index contributed by atoms with van der Waals surface area (Å²) in [6, 6.07) is 0. The fourth-order valence-electron chi connectivity index (χ4n) is 0.611. The van der Waals surface area contributed by atoms with E-state index in [-0.39, 0.29) is 0 Å². The second-order valence-electron chi connectivity index (χ2n) is 3.43. The Hall–Kier alpha value is 0.137. The molecular weight excluding hydrogens is 156 g/mol. The van der Waals surface area contributed by atoms with Gasteiger partial charge in [0, 0.05) is 6.61 Å². The first-order valence-corrected chi connectivity index (χ1v) is 7.48. The van der Waals surface area contributed by atoms with E-state index in [9.17, 15) is 0 Å². The summed E-state index contributed by atoms with van der Waals surface area (Å²) in [6.45, 7) is 12.4. The van der Waals surface area contributed by atoms with E-state index >= 15 is 0 Å². The van der Waals surface area contributed by atoms with Gasteiger partial charge in [-0.3, -0.25) is 0 Å². The number of hydrogen-bond donors (Lipinski definition) is 0. The molecule has 1 radical (unpaired) electrons. The highest BCUT2D eigenvalue weighted by atomic mass is 28.4. The summed E-state index contributed by atoms with van der Waals surface area (Å²) in [6.07, 6.45) is 0.840. The zero-order valence-electron chi connectivity index (χ0n) is 7.85. The van der Waals surface area contributed by atoms with Crippen LogP contribution in [0.4, 0.5) is 0 Å². The van der Waals surface area contributed by atoms with E-state index in [4.69, 9.17) is 9.16 Å². The molecule has 0 fully saturated rings. The molecule has 0 bridgehead atoms. The third-order valence-corrected chi connectivity index (χ3v) is 2.12. The highest BCUT2D eigenvalue weighted by Gasteiger charge is 2.12. The van der Waals surface area contributed by atoms with E-state index in [1.54, 1.807) is 0 Å². The lowest BCUT2D eigenvalue weighted by molar-refractivity contribution is 0.101. The molecule has 2 nitrogen and oxygen atoms in total. The third-order valence-electron chi connectivity index (χ3n) is 1.05. The Labute approximate surface area is 71.0 Å². The molecule has 0 rings (SSSR count). The van der Waals surface area contributed by atoms with Gasteiger partial charge in [0.15, 0.2) is 8.32 Å². The lowest BCUT2D eigenvalue weighted by Crippen LogP contribution is -2.27. The molecule has 0 unspecified atom stereocenters. The third kappa shape index (κ3) is 10.1. The van der Waals surface area contributed by atoms with Crippen LogP contribution in [0.2, 0.25) is 19.6 Å². The highest BCUT2D eigenvalue weighted by Crippen LogP contribution is 2.01. The van der Waals surface area contributed by atoms with Crippen molar-refractivity contribution < 1.29 is 9.16 Å². The van der Waals surface area contributed by atoms with Crippen LogP contribution in [0, 0.1) is 6.92 Å². The van der Waals surface area contributed by atoms with Crippen molar-refractivity contribution >= 4 is 8.32 Å². The Kier molecular flexibility index (Phi) is 5.82. The zero-order chi connectivity index (χ0) is 8.74. The van der Waals surface area contributed by atoms with E-state index in [0.717, 1.165) is 19.6 Å². The summed E-state index contributed by atoms with van der Waals surface area (Å²) in [5.41, 5.74) is 0. The first kappa shape index (κ1) is 11.1. The van der Waals surface area contributed by atoms with Gasteiger partial charge >= 0.3 is 0 Å². The molecule has 0 N–H and O–H groups in total. The average Bonchev–Trinajstić information content (AvgIpc) is 1.85. The van der Waals surface area contributed by atoms with Crippen molar-refractivity contribution in [2.24, 2.45) is 0 Å². The lowest BCUT2D eigenvalue weighted by Gasteiger charge is -2.16. The van der Waals surface area contributed by atoms with Crippen LogP contribution in [0.15, 0.2) is 0 Å². The van der Waals surface area contributed by atoms with Crippen LogP contribution in [0.25, 0.3) is 0 Å². The van der Waals surface area contributed by atoms with Crippen LogP contribution >= 0.6 is 0 Å². The van der Waals surface area contributed by atoms with Crippen LogP contribution in [-0.4, -0.2) is 28.1 Å². The molecule has 0 saturated heterocycles. The van der Waals surface area contributed by atoms with Gasteiger partial charge < -0.3 is 9.16 Å². The molecule has 0 amide bonds. The smallest absolute Gasteiger partial charge is 0.183 e. The SMILES string of the molecule is [CH2]CCOCCO[Si](C)(C)C. The summed E-state index contributed by atoms with van der Waals surface area (Å²) in [5.74, 6) is 0. The quantitative estimate of drug-likeness (QED) is 0.454. The predicted octanol–water partition coefficient (Wildman–Crippen LogP) is 2.08. The van der Waals surface area contributed by atoms with Gasteiger partial charge in [0.05, 0.1) is 13.2 Å². The molecule has 0 aromatic carbocycles. The Morgan fingerprint density at radius 1 is 1.09 bits per heavy atom. The molecule has 0 spiro atoms. The molecule has 0 aliphatic rings. The monoisotopic (exact) mass is 175 g/mol. The summed E-state index contributed by atoms with van der Waals surface area (Å²) >= 11 is 0. The highest BCUT2D eigenvalue weighted by molar-refractivity contribution is 6.69. The van der Waals surface area contributed by atoms with Crippen molar-refractivity contribution in [1.82, 2.24) is 0 Å². The van der Waals surface area contributed by atoms with Gasteiger partial charge in [-0.15, -0.1) is 0 Å². The molecule has 3 heteroatoms. The van der Waals surface area contributed by atoms with Crippen LogP contribution in [-0.2, 0) is 9.16 Å². The minimum atomic E-state index is -1.31. The van der Waals surface area contributed by atoms with Crippen molar-refractivity contribution in [3.05, 3.63) is 6.92 Å². The van der Waals surface area contributed by atoms with Crippen molar-refractivity contribution in [1.29, 1.82) is 0 Å². The van der Waals surface area contributed by atoms with E-state index in [0.29, 0.717) is 6.61 Å². The summed E-state index contributed by atoms with van der Waals surface area (Å²) in [7, 11) is -1.31. The molecule has 11 heavy (non-hydrogen) atoms. The Bertz CT molecular complexity index is 88.6.